The Kier molecular flexibility index (Phi) is 4.15. The number of anilines is 1. The molecular formula is C16H17N3. The summed E-state index contributed by atoms with van der Waals surface area (Å²) in [6, 6.07) is 12.5. The zero-order chi connectivity index (χ0) is 13.7. The van der Waals surface area contributed by atoms with E-state index >= 15 is 0 Å². The Labute approximate surface area is 113 Å². The maximum atomic E-state index is 9.13. The standard InChI is InChI=1S/C16H17N3/c1-3-13-4-6-14(7-5-13)11-19-16-15(10-17)12(2)8-9-18-16/h4-9H,3,11H2,1-2H3,(H,18,19). The summed E-state index contributed by atoms with van der Waals surface area (Å²) in [4.78, 5) is 4.23. The highest BCUT2D eigenvalue weighted by molar-refractivity contribution is 5.55. The molecule has 0 aliphatic rings. The van der Waals surface area contributed by atoms with Crippen LogP contribution in [0.4, 0.5) is 5.82 Å². The predicted molar refractivity (Wildman–Crippen MR) is 76.8 cm³/mol. The molecule has 0 fully saturated rings. The molecule has 0 aliphatic carbocycles. The summed E-state index contributed by atoms with van der Waals surface area (Å²) in [6.07, 6.45) is 2.77. The van der Waals surface area contributed by atoms with Gasteiger partial charge in [-0.3, -0.25) is 0 Å². The average molecular weight is 251 g/mol. The van der Waals surface area contributed by atoms with Gasteiger partial charge in [0.1, 0.15) is 11.9 Å². The molecule has 0 saturated heterocycles. The van der Waals surface area contributed by atoms with E-state index in [4.69, 9.17) is 5.26 Å². The van der Waals surface area contributed by atoms with Gasteiger partial charge in [-0.05, 0) is 36.1 Å². The maximum absolute atomic E-state index is 9.13. The van der Waals surface area contributed by atoms with Crippen LogP contribution in [0.3, 0.4) is 0 Å². The molecule has 2 rings (SSSR count). The van der Waals surface area contributed by atoms with Crippen molar-refractivity contribution in [2.24, 2.45) is 0 Å². The first-order valence-electron chi connectivity index (χ1n) is 6.42. The molecule has 0 amide bonds. The Hall–Kier alpha value is -2.34. The molecule has 0 saturated carbocycles. The number of hydrogen-bond donors (Lipinski definition) is 1. The van der Waals surface area contributed by atoms with Gasteiger partial charge < -0.3 is 5.32 Å². The quantitative estimate of drug-likeness (QED) is 0.905. The number of nitrogens with zero attached hydrogens (tertiary/aromatic N) is 2. The SMILES string of the molecule is CCc1ccc(CNc2nccc(C)c2C#N)cc1. The van der Waals surface area contributed by atoms with Gasteiger partial charge in [-0.2, -0.15) is 5.26 Å². The minimum absolute atomic E-state index is 0.618. The van der Waals surface area contributed by atoms with Crippen molar-refractivity contribution in [2.45, 2.75) is 26.8 Å². The highest BCUT2D eigenvalue weighted by Crippen LogP contribution is 2.16. The Bertz CT molecular complexity index is 594. The van der Waals surface area contributed by atoms with Crippen molar-refractivity contribution in [1.29, 1.82) is 5.26 Å². The first kappa shape index (κ1) is 13.1. The van der Waals surface area contributed by atoms with Gasteiger partial charge in [0.15, 0.2) is 0 Å². The molecule has 96 valence electrons. The lowest BCUT2D eigenvalue weighted by atomic mass is 10.1. The van der Waals surface area contributed by atoms with Crippen LogP contribution in [0.2, 0.25) is 0 Å². The third-order valence-corrected chi connectivity index (χ3v) is 3.16. The molecular weight excluding hydrogens is 234 g/mol. The second-order valence-electron chi connectivity index (χ2n) is 4.49. The second-order valence-corrected chi connectivity index (χ2v) is 4.49. The molecule has 19 heavy (non-hydrogen) atoms. The summed E-state index contributed by atoms with van der Waals surface area (Å²) in [5, 5.41) is 12.4. The summed E-state index contributed by atoms with van der Waals surface area (Å²) in [7, 11) is 0. The van der Waals surface area contributed by atoms with Gasteiger partial charge in [-0.25, -0.2) is 4.98 Å². The maximum Gasteiger partial charge on any atom is 0.144 e. The first-order chi connectivity index (χ1) is 9.24. The molecule has 0 aliphatic heterocycles. The molecule has 1 aromatic heterocycles. The average Bonchev–Trinajstić information content (AvgIpc) is 2.45. The zero-order valence-corrected chi connectivity index (χ0v) is 11.3. The van der Waals surface area contributed by atoms with Crippen LogP contribution in [-0.2, 0) is 13.0 Å². The van der Waals surface area contributed by atoms with Crippen LogP contribution in [0.5, 0.6) is 0 Å². The van der Waals surface area contributed by atoms with Crippen molar-refractivity contribution in [3.05, 3.63) is 58.8 Å². The van der Waals surface area contributed by atoms with Crippen molar-refractivity contribution in [2.75, 3.05) is 5.32 Å². The number of aryl methyl sites for hydroxylation is 2. The molecule has 0 bridgehead atoms. The first-order valence-corrected chi connectivity index (χ1v) is 6.42. The molecule has 3 nitrogen and oxygen atoms in total. The Morgan fingerprint density at radius 3 is 2.47 bits per heavy atom. The second kappa shape index (κ2) is 6.01. The zero-order valence-electron chi connectivity index (χ0n) is 11.3. The number of hydrogen-bond acceptors (Lipinski definition) is 3. The van der Waals surface area contributed by atoms with Gasteiger partial charge in [0.2, 0.25) is 0 Å². The predicted octanol–water partition coefficient (Wildman–Crippen LogP) is 3.44. The summed E-state index contributed by atoms with van der Waals surface area (Å²) < 4.78 is 0. The van der Waals surface area contributed by atoms with Crippen LogP contribution in [0.15, 0.2) is 36.5 Å². The number of benzene rings is 1. The molecule has 1 heterocycles. The van der Waals surface area contributed by atoms with Crippen molar-refractivity contribution in [1.82, 2.24) is 4.98 Å². The van der Waals surface area contributed by atoms with E-state index in [9.17, 15) is 0 Å². The van der Waals surface area contributed by atoms with Gasteiger partial charge >= 0.3 is 0 Å². The van der Waals surface area contributed by atoms with Crippen LogP contribution >= 0.6 is 0 Å². The number of pyridine rings is 1. The van der Waals surface area contributed by atoms with E-state index in [-0.39, 0.29) is 0 Å². The largest absolute Gasteiger partial charge is 0.365 e. The van der Waals surface area contributed by atoms with Gasteiger partial charge in [0, 0.05) is 12.7 Å². The normalized spacial score (nSPS) is 9.95. The van der Waals surface area contributed by atoms with E-state index in [1.54, 1.807) is 6.20 Å². The molecule has 1 N–H and O–H groups in total. The summed E-state index contributed by atoms with van der Waals surface area (Å²) in [6.45, 7) is 4.74. The fourth-order valence-electron chi connectivity index (χ4n) is 1.91. The van der Waals surface area contributed by atoms with E-state index in [0.717, 1.165) is 12.0 Å². The summed E-state index contributed by atoms with van der Waals surface area (Å²) >= 11 is 0. The molecule has 0 atom stereocenters. The Morgan fingerprint density at radius 2 is 1.84 bits per heavy atom. The Balaban J connectivity index is 2.10. The van der Waals surface area contributed by atoms with E-state index in [1.807, 2.05) is 13.0 Å². The van der Waals surface area contributed by atoms with Gasteiger partial charge in [-0.1, -0.05) is 31.2 Å². The lowest BCUT2D eigenvalue weighted by molar-refractivity contribution is 1.08. The van der Waals surface area contributed by atoms with Crippen molar-refractivity contribution < 1.29 is 0 Å². The van der Waals surface area contributed by atoms with Crippen LogP contribution in [0.1, 0.15) is 29.2 Å². The van der Waals surface area contributed by atoms with Crippen LogP contribution < -0.4 is 5.32 Å². The van der Waals surface area contributed by atoms with E-state index < -0.39 is 0 Å². The van der Waals surface area contributed by atoms with Gasteiger partial charge in [-0.15, -0.1) is 0 Å². The molecule has 0 unspecified atom stereocenters. The fraction of sp³-hybridized carbons (Fsp3) is 0.250. The third kappa shape index (κ3) is 3.11. The monoisotopic (exact) mass is 251 g/mol. The molecule has 0 spiro atoms. The number of nitriles is 1. The van der Waals surface area contributed by atoms with Crippen molar-refractivity contribution >= 4 is 5.82 Å². The number of nitrogens with one attached hydrogen (secondary N) is 1. The topological polar surface area (TPSA) is 48.7 Å². The molecule has 0 radical (unpaired) electrons. The third-order valence-electron chi connectivity index (χ3n) is 3.16. The summed E-state index contributed by atoms with van der Waals surface area (Å²) in [5.74, 6) is 0.655. The van der Waals surface area contributed by atoms with Gasteiger partial charge in [0.25, 0.3) is 0 Å². The molecule has 2 aromatic rings. The highest BCUT2D eigenvalue weighted by Gasteiger charge is 2.05. The molecule has 3 heteroatoms. The highest BCUT2D eigenvalue weighted by atomic mass is 15.0. The number of rotatable bonds is 4. The van der Waals surface area contributed by atoms with E-state index in [0.29, 0.717) is 17.9 Å². The lowest BCUT2D eigenvalue weighted by Crippen LogP contribution is -2.04. The van der Waals surface area contributed by atoms with Crippen LogP contribution in [0.25, 0.3) is 0 Å². The van der Waals surface area contributed by atoms with Gasteiger partial charge in [0.05, 0.1) is 5.56 Å². The Morgan fingerprint density at radius 1 is 1.16 bits per heavy atom. The minimum Gasteiger partial charge on any atom is -0.365 e. The van der Waals surface area contributed by atoms with Crippen molar-refractivity contribution in [3.8, 4) is 6.07 Å². The van der Waals surface area contributed by atoms with E-state index in [2.05, 4.69) is 47.6 Å². The number of aromatic nitrogens is 1. The van der Waals surface area contributed by atoms with Crippen LogP contribution in [0, 0.1) is 18.3 Å². The summed E-state index contributed by atoms with van der Waals surface area (Å²) in [5.41, 5.74) is 4.08. The van der Waals surface area contributed by atoms with Crippen molar-refractivity contribution in [3.63, 3.8) is 0 Å². The van der Waals surface area contributed by atoms with Crippen LogP contribution in [-0.4, -0.2) is 4.98 Å². The lowest BCUT2D eigenvalue weighted by Gasteiger charge is -2.09. The molecule has 1 aromatic carbocycles. The minimum atomic E-state index is 0.618. The fourth-order valence-corrected chi connectivity index (χ4v) is 1.91. The smallest absolute Gasteiger partial charge is 0.144 e. The van der Waals surface area contributed by atoms with E-state index in [1.165, 1.54) is 11.1 Å².